The van der Waals surface area contributed by atoms with Crippen molar-refractivity contribution in [3.8, 4) is 6.07 Å². The Morgan fingerprint density at radius 1 is 1.29 bits per heavy atom. The third-order valence-electron chi connectivity index (χ3n) is 4.22. The van der Waals surface area contributed by atoms with Gasteiger partial charge in [0.15, 0.2) is 0 Å². The van der Waals surface area contributed by atoms with Crippen LogP contribution in [-0.2, 0) is 4.79 Å². The lowest BCUT2D eigenvalue weighted by Gasteiger charge is -2.33. The fourth-order valence-electron chi connectivity index (χ4n) is 2.81. The van der Waals surface area contributed by atoms with Crippen LogP contribution in [0.1, 0.15) is 31.2 Å². The Morgan fingerprint density at radius 2 is 2.00 bits per heavy atom. The second-order valence-corrected chi connectivity index (χ2v) is 5.79. The Kier molecular flexibility index (Phi) is 3.78. The molecule has 0 atom stereocenters. The van der Waals surface area contributed by atoms with E-state index in [2.05, 4.69) is 5.32 Å². The first kappa shape index (κ1) is 13.9. The quantitative estimate of drug-likeness (QED) is 0.929. The maximum absolute atomic E-state index is 13.6. The van der Waals surface area contributed by atoms with Crippen LogP contribution in [0.25, 0.3) is 0 Å². The number of carbonyl (C=O) groups is 1. The van der Waals surface area contributed by atoms with E-state index in [0.29, 0.717) is 5.69 Å². The van der Waals surface area contributed by atoms with Gasteiger partial charge in [-0.15, -0.1) is 0 Å². The Morgan fingerprint density at radius 3 is 2.62 bits per heavy atom. The van der Waals surface area contributed by atoms with Crippen LogP contribution < -0.4 is 5.32 Å². The summed E-state index contributed by atoms with van der Waals surface area (Å²) in [5.41, 5.74) is 0.610. The predicted octanol–water partition coefficient (Wildman–Crippen LogP) is 2.51. The number of nitriles is 1. The zero-order valence-corrected chi connectivity index (χ0v) is 11.8. The molecule has 2 fully saturated rings. The van der Waals surface area contributed by atoms with Crippen LogP contribution in [0.4, 0.5) is 10.1 Å². The van der Waals surface area contributed by atoms with Gasteiger partial charge in [-0.3, -0.25) is 4.79 Å². The molecule has 1 N–H and O–H groups in total. The van der Waals surface area contributed by atoms with E-state index in [1.54, 1.807) is 12.1 Å². The fourth-order valence-corrected chi connectivity index (χ4v) is 2.81. The molecule has 21 heavy (non-hydrogen) atoms. The Bertz CT molecular complexity index is 584. The maximum Gasteiger partial charge on any atom is 0.225 e. The molecular weight excluding hydrogens is 269 g/mol. The second-order valence-electron chi connectivity index (χ2n) is 5.79. The van der Waals surface area contributed by atoms with E-state index in [1.807, 2.05) is 11.0 Å². The molecule has 2 aliphatic rings. The summed E-state index contributed by atoms with van der Waals surface area (Å²) in [5.74, 6) is 0.0590. The largest absolute Gasteiger partial charge is 0.381 e. The van der Waals surface area contributed by atoms with Crippen molar-refractivity contribution in [1.29, 1.82) is 5.26 Å². The highest BCUT2D eigenvalue weighted by atomic mass is 19.1. The molecule has 1 saturated carbocycles. The van der Waals surface area contributed by atoms with Gasteiger partial charge < -0.3 is 10.2 Å². The van der Waals surface area contributed by atoms with Gasteiger partial charge in [-0.1, -0.05) is 6.07 Å². The zero-order chi connectivity index (χ0) is 14.8. The number of nitrogens with one attached hydrogen (secondary N) is 1. The number of amides is 1. The number of piperidine rings is 1. The molecule has 1 aliphatic carbocycles. The molecule has 0 aromatic heterocycles. The fraction of sp³-hybridized carbons (Fsp3) is 0.500. The molecule has 5 heteroatoms. The lowest BCUT2D eigenvalue weighted by molar-refractivity contribution is -0.133. The predicted molar refractivity (Wildman–Crippen MR) is 77.1 cm³/mol. The van der Waals surface area contributed by atoms with E-state index in [-0.39, 0.29) is 23.4 Å². The summed E-state index contributed by atoms with van der Waals surface area (Å²) in [6.45, 7) is 1.48. The molecule has 1 aromatic rings. The molecule has 1 aliphatic heterocycles. The molecule has 0 bridgehead atoms. The van der Waals surface area contributed by atoms with Crippen molar-refractivity contribution in [2.24, 2.45) is 5.92 Å². The van der Waals surface area contributed by atoms with Crippen molar-refractivity contribution < 1.29 is 9.18 Å². The Labute approximate surface area is 123 Å². The third-order valence-corrected chi connectivity index (χ3v) is 4.22. The SMILES string of the molecule is N#Cc1c(F)cccc1NC1CCN(C(=O)C2CC2)CC1. The minimum Gasteiger partial charge on any atom is -0.381 e. The zero-order valence-electron chi connectivity index (χ0n) is 11.8. The summed E-state index contributed by atoms with van der Waals surface area (Å²) < 4.78 is 13.6. The van der Waals surface area contributed by atoms with Crippen LogP contribution in [-0.4, -0.2) is 29.9 Å². The average molecular weight is 287 g/mol. The van der Waals surface area contributed by atoms with Gasteiger partial charge in [0.2, 0.25) is 5.91 Å². The lowest BCUT2D eigenvalue weighted by atomic mass is 10.0. The van der Waals surface area contributed by atoms with Gasteiger partial charge in [0, 0.05) is 25.0 Å². The first-order valence-corrected chi connectivity index (χ1v) is 7.43. The molecular formula is C16H18FN3O. The molecule has 1 amide bonds. The first-order chi connectivity index (χ1) is 10.2. The van der Waals surface area contributed by atoms with Gasteiger partial charge in [-0.25, -0.2) is 4.39 Å². The molecule has 4 nitrogen and oxygen atoms in total. The maximum atomic E-state index is 13.6. The number of benzene rings is 1. The molecule has 0 spiro atoms. The van der Waals surface area contributed by atoms with Crippen LogP contribution in [0, 0.1) is 23.1 Å². The monoisotopic (exact) mass is 287 g/mol. The summed E-state index contributed by atoms with van der Waals surface area (Å²) in [6.07, 6.45) is 3.73. The van der Waals surface area contributed by atoms with Gasteiger partial charge in [0.05, 0.1) is 5.69 Å². The van der Waals surface area contributed by atoms with Crippen molar-refractivity contribution in [3.63, 3.8) is 0 Å². The number of carbonyl (C=O) groups excluding carboxylic acids is 1. The third kappa shape index (κ3) is 2.99. The number of likely N-dealkylation sites (tertiary alicyclic amines) is 1. The lowest BCUT2D eigenvalue weighted by Crippen LogP contribution is -2.43. The van der Waals surface area contributed by atoms with Crippen molar-refractivity contribution in [3.05, 3.63) is 29.6 Å². The number of rotatable bonds is 3. The Balaban J connectivity index is 1.59. The molecule has 0 radical (unpaired) electrons. The molecule has 1 heterocycles. The number of anilines is 1. The van der Waals surface area contributed by atoms with Crippen LogP contribution in [0.5, 0.6) is 0 Å². The van der Waals surface area contributed by atoms with Crippen molar-refractivity contribution in [2.75, 3.05) is 18.4 Å². The normalized spacial score (nSPS) is 19.1. The summed E-state index contributed by atoms with van der Waals surface area (Å²) in [4.78, 5) is 13.9. The van der Waals surface area contributed by atoms with Crippen LogP contribution >= 0.6 is 0 Å². The van der Waals surface area contributed by atoms with Crippen molar-refractivity contribution in [1.82, 2.24) is 4.90 Å². The summed E-state index contributed by atoms with van der Waals surface area (Å²) in [7, 11) is 0. The first-order valence-electron chi connectivity index (χ1n) is 7.43. The van der Waals surface area contributed by atoms with E-state index in [1.165, 1.54) is 6.07 Å². The Hall–Kier alpha value is -2.09. The van der Waals surface area contributed by atoms with Gasteiger partial charge in [-0.2, -0.15) is 5.26 Å². The number of halogens is 1. The molecule has 1 saturated heterocycles. The van der Waals surface area contributed by atoms with Gasteiger partial charge in [0.1, 0.15) is 17.4 Å². The molecule has 1 aromatic carbocycles. The van der Waals surface area contributed by atoms with Crippen LogP contribution in [0.3, 0.4) is 0 Å². The minimum atomic E-state index is -0.496. The van der Waals surface area contributed by atoms with Crippen LogP contribution in [0.15, 0.2) is 18.2 Å². The van der Waals surface area contributed by atoms with Gasteiger partial charge in [0.25, 0.3) is 0 Å². The second kappa shape index (κ2) is 5.72. The van der Waals surface area contributed by atoms with Crippen molar-refractivity contribution >= 4 is 11.6 Å². The van der Waals surface area contributed by atoms with Gasteiger partial charge in [-0.05, 0) is 37.8 Å². The van der Waals surface area contributed by atoms with E-state index >= 15 is 0 Å². The average Bonchev–Trinajstić information content (AvgIpc) is 3.32. The molecule has 3 rings (SSSR count). The standard InChI is InChI=1S/C16H18FN3O/c17-14-2-1-3-15(13(14)10-18)19-12-6-8-20(9-7-12)16(21)11-4-5-11/h1-3,11-12,19H,4-9H2. The minimum absolute atomic E-state index is 0.0639. The van der Waals surface area contributed by atoms with E-state index in [4.69, 9.17) is 5.26 Å². The topological polar surface area (TPSA) is 56.1 Å². The number of nitrogens with zero attached hydrogens (tertiary/aromatic N) is 2. The highest BCUT2D eigenvalue weighted by Crippen LogP contribution is 2.32. The summed E-state index contributed by atoms with van der Waals surface area (Å²) in [6, 6.07) is 6.70. The summed E-state index contributed by atoms with van der Waals surface area (Å²) >= 11 is 0. The molecule has 110 valence electrons. The summed E-state index contributed by atoms with van der Waals surface area (Å²) in [5, 5.41) is 12.3. The smallest absolute Gasteiger partial charge is 0.225 e. The van der Waals surface area contributed by atoms with Gasteiger partial charge >= 0.3 is 0 Å². The number of hydrogen-bond donors (Lipinski definition) is 1. The van der Waals surface area contributed by atoms with E-state index in [9.17, 15) is 9.18 Å². The highest BCUT2D eigenvalue weighted by Gasteiger charge is 2.34. The van der Waals surface area contributed by atoms with E-state index in [0.717, 1.165) is 38.8 Å². The number of hydrogen-bond acceptors (Lipinski definition) is 3. The molecule has 0 unspecified atom stereocenters. The highest BCUT2D eigenvalue weighted by molar-refractivity contribution is 5.81. The van der Waals surface area contributed by atoms with Crippen molar-refractivity contribution in [2.45, 2.75) is 31.7 Å². The van der Waals surface area contributed by atoms with Crippen LogP contribution in [0.2, 0.25) is 0 Å². The van der Waals surface area contributed by atoms with E-state index < -0.39 is 5.82 Å².